The molecule has 0 radical (unpaired) electrons. The second kappa shape index (κ2) is 5.00. The third kappa shape index (κ3) is 1.71. The minimum absolute atomic E-state index is 0.359. The molecule has 4 aromatic rings. The number of pyridine rings is 1. The molecular weight excluding hydrogens is 368 g/mol. The maximum atomic E-state index is 13.5. The quantitative estimate of drug-likeness (QED) is 0.360. The number of nitrogens with zero attached hydrogens (tertiary/aromatic N) is 2. The summed E-state index contributed by atoms with van der Waals surface area (Å²) in [6, 6.07) is 19.2. The van der Waals surface area contributed by atoms with Crippen LogP contribution in [0.15, 0.2) is 76.7 Å². The van der Waals surface area contributed by atoms with Crippen LogP contribution in [0.2, 0.25) is 0 Å². The van der Waals surface area contributed by atoms with Crippen molar-refractivity contribution in [2.75, 3.05) is 4.90 Å². The zero-order valence-corrected chi connectivity index (χ0v) is 16.3. The summed E-state index contributed by atoms with van der Waals surface area (Å²) in [7, 11) is -1.57. The fraction of sp³-hybridized carbons (Fsp3) is 0.0870. The molecule has 0 amide bonds. The Morgan fingerprint density at radius 3 is 2.50 bits per heavy atom. The largest absolute Gasteiger partial charge is 0.306 e. The van der Waals surface area contributed by atoms with Gasteiger partial charge in [0.1, 0.15) is 7.05 Å². The number of sulfone groups is 1. The molecule has 136 valence electrons. The Morgan fingerprint density at radius 1 is 0.857 bits per heavy atom. The van der Waals surface area contributed by atoms with Crippen LogP contribution < -0.4 is 9.47 Å². The second-order valence-corrected chi connectivity index (χ2v) is 9.31. The first kappa shape index (κ1) is 15.8. The minimum atomic E-state index is -3.59. The van der Waals surface area contributed by atoms with Crippen molar-refractivity contribution in [1.29, 1.82) is 0 Å². The first-order chi connectivity index (χ1) is 13.5. The standard InChI is InChI=1S/C23H17N2O2S/c1-14-6-5-8-17-20(14)23-21-15(12-13-24(23)2)10-11-19-22(21)25(17)16-7-3-4-9-18(16)28(19,26)27/h3-13H,1-2H3/q+1. The molecular formula is C23H17N2O2S+. The minimum Gasteiger partial charge on any atom is -0.306 e. The lowest BCUT2D eigenvalue weighted by Crippen LogP contribution is -2.34. The molecule has 0 saturated carbocycles. The van der Waals surface area contributed by atoms with Crippen molar-refractivity contribution >= 4 is 37.7 Å². The molecule has 28 heavy (non-hydrogen) atoms. The second-order valence-electron chi connectivity index (χ2n) is 7.43. The Labute approximate surface area is 163 Å². The molecule has 0 unspecified atom stereocenters. The Bertz CT molecular complexity index is 1460. The van der Waals surface area contributed by atoms with Gasteiger partial charge < -0.3 is 4.90 Å². The van der Waals surface area contributed by atoms with Crippen molar-refractivity contribution in [3.05, 3.63) is 72.4 Å². The van der Waals surface area contributed by atoms with Crippen LogP contribution >= 0.6 is 0 Å². The molecule has 5 heteroatoms. The predicted molar refractivity (Wildman–Crippen MR) is 109 cm³/mol. The molecule has 0 fully saturated rings. The molecule has 0 bridgehead atoms. The van der Waals surface area contributed by atoms with Gasteiger partial charge >= 0.3 is 0 Å². The lowest BCUT2D eigenvalue weighted by atomic mass is 9.91. The van der Waals surface area contributed by atoms with E-state index in [0.717, 1.165) is 33.4 Å². The average Bonchev–Trinajstić information content (AvgIpc) is 2.69. The van der Waals surface area contributed by atoms with Crippen LogP contribution in [-0.2, 0) is 16.9 Å². The van der Waals surface area contributed by atoms with Gasteiger partial charge in [0.05, 0.1) is 37.8 Å². The first-order valence-corrected chi connectivity index (χ1v) is 10.7. The Kier molecular flexibility index (Phi) is 2.83. The predicted octanol–water partition coefficient (Wildman–Crippen LogP) is 4.57. The molecule has 0 spiro atoms. The van der Waals surface area contributed by atoms with E-state index in [1.165, 1.54) is 5.56 Å². The van der Waals surface area contributed by atoms with E-state index >= 15 is 0 Å². The van der Waals surface area contributed by atoms with Crippen LogP contribution in [0, 0.1) is 6.92 Å². The van der Waals surface area contributed by atoms with Crippen molar-refractivity contribution in [1.82, 2.24) is 0 Å². The fourth-order valence-corrected chi connectivity index (χ4v) is 6.29. The van der Waals surface area contributed by atoms with Gasteiger partial charge in [-0.1, -0.05) is 30.3 Å². The summed E-state index contributed by atoms with van der Waals surface area (Å²) in [5.74, 6) is 0. The monoisotopic (exact) mass is 385 g/mol. The van der Waals surface area contributed by atoms with Gasteiger partial charge in [0, 0.05) is 6.07 Å². The number of para-hydroxylation sites is 1. The number of benzene rings is 3. The van der Waals surface area contributed by atoms with Crippen molar-refractivity contribution in [2.45, 2.75) is 16.7 Å². The van der Waals surface area contributed by atoms with E-state index < -0.39 is 9.84 Å². The molecule has 0 N–H and O–H groups in total. The molecule has 0 aliphatic carbocycles. The lowest BCUT2D eigenvalue weighted by molar-refractivity contribution is -0.659. The van der Waals surface area contributed by atoms with Crippen LogP contribution in [0.4, 0.5) is 17.1 Å². The van der Waals surface area contributed by atoms with Crippen LogP contribution in [0.25, 0.3) is 22.0 Å². The van der Waals surface area contributed by atoms with E-state index in [1.54, 1.807) is 18.2 Å². The van der Waals surface area contributed by atoms with Gasteiger partial charge in [0.2, 0.25) is 15.5 Å². The number of rotatable bonds is 0. The summed E-state index contributed by atoms with van der Waals surface area (Å²) in [5, 5.41) is 2.03. The molecule has 3 heterocycles. The number of anilines is 3. The summed E-state index contributed by atoms with van der Waals surface area (Å²) in [5.41, 5.74) is 5.88. The van der Waals surface area contributed by atoms with Crippen LogP contribution in [0.5, 0.6) is 0 Å². The summed E-state index contributed by atoms with van der Waals surface area (Å²) < 4.78 is 29.0. The molecule has 0 atom stereocenters. The number of fused-ring (bicyclic) bond motifs is 5. The number of aryl methyl sites for hydroxylation is 2. The van der Waals surface area contributed by atoms with E-state index in [0.29, 0.717) is 15.5 Å². The highest BCUT2D eigenvalue weighted by Crippen LogP contribution is 2.57. The fourth-order valence-electron chi connectivity index (χ4n) is 4.66. The van der Waals surface area contributed by atoms with E-state index in [-0.39, 0.29) is 0 Å². The molecule has 4 nitrogen and oxygen atoms in total. The third-order valence-corrected chi connectivity index (χ3v) is 7.71. The van der Waals surface area contributed by atoms with Gasteiger partial charge in [-0.3, -0.25) is 0 Å². The molecule has 6 rings (SSSR count). The van der Waals surface area contributed by atoms with Crippen molar-refractivity contribution in [3.63, 3.8) is 0 Å². The van der Waals surface area contributed by atoms with Crippen molar-refractivity contribution < 1.29 is 13.0 Å². The summed E-state index contributed by atoms with van der Waals surface area (Å²) in [6.07, 6.45) is 2.04. The summed E-state index contributed by atoms with van der Waals surface area (Å²) in [6.45, 7) is 2.11. The lowest BCUT2D eigenvalue weighted by Gasteiger charge is -2.37. The number of aromatic nitrogens is 1. The molecule has 1 aromatic heterocycles. The highest BCUT2D eigenvalue weighted by molar-refractivity contribution is 7.92. The zero-order valence-electron chi connectivity index (χ0n) is 15.5. The highest BCUT2D eigenvalue weighted by atomic mass is 32.2. The molecule has 2 aliphatic rings. The highest BCUT2D eigenvalue weighted by Gasteiger charge is 2.42. The van der Waals surface area contributed by atoms with E-state index in [9.17, 15) is 8.42 Å². The van der Waals surface area contributed by atoms with E-state index in [1.807, 2.05) is 43.6 Å². The molecule has 0 saturated heterocycles. The van der Waals surface area contributed by atoms with Crippen LogP contribution in [0.3, 0.4) is 0 Å². The SMILES string of the molecule is Cc1cccc2c1-c1c3c4c(ccc3cc[n+]1C)S(=O)(=O)c1ccccc1N24. The Hall–Kier alpha value is -3.18. The summed E-state index contributed by atoms with van der Waals surface area (Å²) >= 11 is 0. The number of hydrogen-bond acceptors (Lipinski definition) is 3. The molecule has 3 aromatic carbocycles. The van der Waals surface area contributed by atoms with E-state index in [4.69, 9.17) is 0 Å². The number of hydrogen-bond donors (Lipinski definition) is 0. The van der Waals surface area contributed by atoms with Gasteiger partial charge in [-0.25, -0.2) is 13.0 Å². The smallest absolute Gasteiger partial charge is 0.224 e. The van der Waals surface area contributed by atoms with Gasteiger partial charge in [-0.15, -0.1) is 0 Å². The maximum absolute atomic E-state index is 13.5. The Balaban J connectivity index is 1.95. The van der Waals surface area contributed by atoms with Gasteiger partial charge in [0.15, 0.2) is 6.20 Å². The molecule has 2 aliphatic heterocycles. The van der Waals surface area contributed by atoms with Crippen LogP contribution in [-0.4, -0.2) is 8.42 Å². The van der Waals surface area contributed by atoms with Crippen molar-refractivity contribution in [3.8, 4) is 11.3 Å². The average molecular weight is 385 g/mol. The van der Waals surface area contributed by atoms with Gasteiger partial charge in [0.25, 0.3) is 0 Å². The Morgan fingerprint density at radius 2 is 1.64 bits per heavy atom. The zero-order chi connectivity index (χ0) is 19.2. The maximum Gasteiger partial charge on any atom is 0.224 e. The summed E-state index contributed by atoms with van der Waals surface area (Å²) in [4.78, 5) is 2.86. The third-order valence-electron chi connectivity index (χ3n) is 5.88. The van der Waals surface area contributed by atoms with Crippen molar-refractivity contribution in [2.24, 2.45) is 7.05 Å². The van der Waals surface area contributed by atoms with E-state index in [2.05, 4.69) is 28.5 Å². The van der Waals surface area contributed by atoms with Gasteiger partial charge in [-0.2, -0.15) is 0 Å². The normalized spacial score (nSPS) is 15.3. The van der Waals surface area contributed by atoms with Crippen LogP contribution in [0.1, 0.15) is 5.56 Å². The first-order valence-electron chi connectivity index (χ1n) is 9.20. The van der Waals surface area contributed by atoms with Gasteiger partial charge in [-0.05, 0) is 42.1 Å². The topological polar surface area (TPSA) is 41.3 Å².